The Morgan fingerprint density at radius 3 is 1.49 bits per heavy atom. The fourth-order valence-corrected chi connectivity index (χ4v) is 11.7. The SMILES string of the molecule is Cc1ccc(N(c2ccc(C)cc2)c2cc3c4c(c2)N(c2ccc(C(C)(C)C)cc2-c2ccccc2)c2cc5c(cc2B4c2cc(C(C)(C)C)ccc2N3c2ccc(C(C)(C)C)cc2)CC(C)(C)C5)cc1. The standard InChI is InChI=1S/C67H70BN3/c1-43-19-27-51(28-20-43)69(52-29-21-44(2)22-30-52)54-39-61-63-62(40-54)71(58-33-25-49(65(6,7)8)37-55(58)45-17-15-14-16-18-45)60-36-47-42-67(12,13)41-46(47)35-56(60)68(63)57-38-50(66(9,10)11)26-34-59(57)70(61)53-31-23-48(24-32-53)64(3,4)5/h14-40H,41-42H2,1-13H3. The maximum absolute atomic E-state index is 2.68. The van der Waals surface area contributed by atoms with Crippen LogP contribution in [0.5, 0.6) is 0 Å². The highest BCUT2D eigenvalue weighted by Crippen LogP contribution is 2.52. The van der Waals surface area contributed by atoms with Gasteiger partial charge in [0.1, 0.15) is 0 Å². The van der Waals surface area contributed by atoms with Crippen molar-refractivity contribution in [2.45, 2.75) is 119 Å². The summed E-state index contributed by atoms with van der Waals surface area (Å²) in [6.45, 7) is 30.2. The molecule has 356 valence electrons. The Balaban J connectivity index is 1.30. The first kappa shape index (κ1) is 46.6. The van der Waals surface area contributed by atoms with Crippen LogP contribution in [0.4, 0.5) is 51.2 Å². The second kappa shape index (κ2) is 16.7. The number of aryl methyl sites for hydroxylation is 2. The number of benzene rings is 8. The van der Waals surface area contributed by atoms with E-state index in [4.69, 9.17) is 0 Å². The minimum atomic E-state index is -0.0470. The molecule has 0 unspecified atom stereocenters. The quantitative estimate of drug-likeness (QED) is 0.154. The first-order valence-electron chi connectivity index (χ1n) is 26.0. The lowest BCUT2D eigenvalue weighted by atomic mass is 9.33. The minimum absolute atomic E-state index is 0.0158. The Bertz CT molecular complexity index is 3300. The van der Waals surface area contributed by atoms with Crippen LogP contribution in [0, 0.1) is 19.3 Å². The van der Waals surface area contributed by atoms with Crippen LogP contribution in [-0.2, 0) is 29.1 Å². The van der Waals surface area contributed by atoms with Gasteiger partial charge in [0.05, 0.1) is 11.4 Å². The van der Waals surface area contributed by atoms with E-state index < -0.39 is 0 Å². The van der Waals surface area contributed by atoms with Gasteiger partial charge in [0.25, 0.3) is 6.71 Å². The van der Waals surface area contributed by atoms with Crippen molar-refractivity contribution in [2.24, 2.45) is 5.41 Å². The van der Waals surface area contributed by atoms with Gasteiger partial charge in [0.15, 0.2) is 0 Å². The van der Waals surface area contributed by atoms with Crippen LogP contribution in [0.25, 0.3) is 11.1 Å². The van der Waals surface area contributed by atoms with Crippen molar-refractivity contribution < 1.29 is 0 Å². The van der Waals surface area contributed by atoms with E-state index >= 15 is 0 Å². The normalized spacial score (nSPS) is 14.7. The Kier molecular flexibility index (Phi) is 10.9. The molecule has 4 heteroatoms. The van der Waals surface area contributed by atoms with Crippen molar-refractivity contribution in [1.82, 2.24) is 0 Å². The summed E-state index contributed by atoms with van der Waals surface area (Å²) in [7, 11) is 0. The molecule has 0 fully saturated rings. The molecule has 0 saturated carbocycles. The number of anilines is 9. The third-order valence-corrected chi connectivity index (χ3v) is 15.6. The molecule has 3 nitrogen and oxygen atoms in total. The first-order chi connectivity index (χ1) is 33.6. The van der Waals surface area contributed by atoms with E-state index in [1.807, 2.05) is 0 Å². The van der Waals surface area contributed by atoms with Gasteiger partial charge in [-0.3, -0.25) is 0 Å². The van der Waals surface area contributed by atoms with E-state index in [1.54, 1.807) is 0 Å². The molecule has 0 spiro atoms. The molecule has 0 amide bonds. The van der Waals surface area contributed by atoms with Crippen molar-refractivity contribution in [3.8, 4) is 11.1 Å². The van der Waals surface area contributed by atoms with Gasteiger partial charge in [-0.1, -0.05) is 178 Å². The molecule has 2 aliphatic heterocycles. The highest BCUT2D eigenvalue weighted by atomic mass is 15.2. The van der Waals surface area contributed by atoms with Crippen molar-refractivity contribution in [3.05, 3.63) is 203 Å². The number of hydrogen-bond donors (Lipinski definition) is 0. The molecule has 8 aromatic rings. The highest BCUT2D eigenvalue weighted by molar-refractivity contribution is 7.00. The Labute approximate surface area is 425 Å². The zero-order valence-electron chi connectivity index (χ0n) is 44.4. The molecule has 0 atom stereocenters. The Morgan fingerprint density at radius 1 is 0.437 bits per heavy atom. The molecule has 3 aliphatic rings. The van der Waals surface area contributed by atoms with Gasteiger partial charge in [0.2, 0.25) is 0 Å². The van der Waals surface area contributed by atoms with Gasteiger partial charge in [-0.2, -0.15) is 0 Å². The van der Waals surface area contributed by atoms with E-state index in [1.165, 1.54) is 94.9 Å². The fourth-order valence-electron chi connectivity index (χ4n) is 11.7. The topological polar surface area (TPSA) is 9.72 Å². The molecule has 0 N–H and O–H groups in total. The maximum atomic E-state index is 2.68. The first-order valence-corrected chi connectivity index (χ1v) is 26.0. The van der Waals surface area contributed by atoms with Crippen LogP contribution in [0.3, 0.4) is 0 Å². The fraction of sp³-hybridized carbons (Fsp3) is 0.284. The number of fused-ring (bicyclic) bond motifs is 5. The largest absolute Gasteiger partial charge is 0.311 e. The Morgan fingerprint density at radius 2 is 0.930 bits per heavy atom. The number of rotatable bonds is 6. The molecule has 0 saturated heterocycles. The zero-order valence-corrected chi connectivity index (χ0v) is 44.4. The van der Waals surface area contributed by atoms with Gasteiger partial charge in [0, 0.05) is 45.4 Å². The van der Waals surface area contributed by atoms with E-state index in [0.29, 0.717) is 0 Å². The lowest BCUT2D eigenvalue weighted by molar-refractivity contribution is 0.392. The van der Waals surface area contributed by atoms with Gasteiger partial charge in [-0.15, -0.1) is 0 Å². The van der Waals surface area contributed by atoms with E-state index in [0.717, 1.165) is 35.6 Å². The minimum Gasteiger partial charge on any atom is -0.311 e. The molecule has 71 heavy (non-hydrogen) atoms. The van der Waals surface area contributed by atoms with Gasteiger partial charge in [-0.25, -0.2) is 0 Å². The summed E-state index contributed by atoms with van der Waals surface area (Å²) in [6, 6.07) is 63.6. The molecular formula is C67H70BN3. The predicted molar refractivity (Wildman–Crippen MR) is 307 cm³/mol. The van der Waals surface area contributed by atoms with Crippen LogP contribution in [0.2, 0.25) is 0 Å². The molecule has 0 radical (unpaired) electrons. The molecule has 11 rings (SSSR count). The molecular weight excluding hydrogens is 858 g/mol. The number of hydrogen-bond acceptors (Lipinski definition) is 3. The van der Waals surface area contributed by atoms with E-state index in [9.17, 15) is 0 Å². The smallest absolute Gasteiger partial charge is 0.252 e. The summed E-state index contributed by atoms with van der Waals surface area (Å²) >= 11 is 0. The monoisotopic (exact) mass is 928 g/mol. The zero-order chi connectivity index (χ0) is 49.9. The van der Waals surface area contributed by atoms with Crippen LogP contribution < -0.4 is 31.1 Å². The van der Waals surface area contributed by atoms with Gasteiger partial charge < -0.3 is 14.7 Å². The summed E-state index contributed by atoms with van der Waals surface area (Å²) in [4.78, 5) is 7.75. The molecule has 0 bridgehead atoms. The molecule has 0 aromatic heterocycles. The number of nitrogens with zero attached hydrogens (tertiary/aromatic N) is 3. The lowest BCUT2D eigenvalue weighted by Crippen LogP contribution is -2.61. The van der Waals surface area contributed by atoms with Crippen molar-refractivity contribution in [1.29, 1.82) is 0 Å². The van der Waals surface area contributed by atoms with Crippen LogP contribution in [-0.4, -0.2) is 6.71 Å². The third-order valence-electron chi connectivity index (χ3n) is 15.6. The van der Waals surface area contributed by atoms with Gasteiger partial charge in [-0.05, 0) is 171 Å². The average molecular weight is 928 g/mol. The van der Waals surface area contributed by atoms with E-state index in [2.05, 4.69) is 269 Å². The Hall–Kier alpha value is -6.78. The van der Waals surface area contributed by atoms with Crippen molar-refractivity contribution >= 4 is 74.3 Å². The predicted octanol–water partition coefficient (Wildman–Crippen LogP) is 16.5. The summed E-state index contributed by atoms with van der Waals surface area (Å²) in [5.74, 6) is 0. The summed E-state index contributed by atoms with van der Waals surface area (Å²) in [5.41, 5.74) is 26.7. The summed E-state index contributed by atoms with van der Waals surface area (Å²) in [6.07, 6.45) is 2.12. The average Bonchev–Trinajstić information content (AvgIpc) is 3.63. The van der Waals surface area contributed by atoms with Crippen LogP contribution >= 0.6 is 0 Å². The third kappa shape index (κ3) is 8.28. The summed E-state index contributed by atoms with van der Waals surface area (Å²) in [5, 5.41) is 0. The van der Waals surface area contributed by atoms with Crippen LogP contribution in [0.1, 0.15) is 115 Å². The van der Waals surface area contributed by atoms with Crippen molar-refractivity contribution in [3.63, 3.8) is 0 Å². The lowest BCUT2D eigenvalue weighted by Gasteiger charge is -2.46. The van der Waals surface area contributed by atoms with Crippen LogP contribution in [0.15, 0.2) is 164 Å². The van der Waals surface area contributed by atoms with Gasteiger partial charge >= 0.3 is 0 Å². The second-order valence-electron chi connectivity index (χ2n) is 24.9. The highest BCUT2D eigenvalue weighted by Gasteiger charge is 2.46. The maximum Gasteiger partial charge on any atom is 0.252 e. The second-order valence-corrected chi connectivity index (χ2v) is 24.9. The van der Waals surface area contributed by atoms with Crippen molar-refractivity contribution in [2.75, 3.05) is 14.7 Å². The molecule has 8 aromatic carbocycles. The summed E-state index contributed by atoms with van der Waals surface area (Å²) < 4.78 is 0. The molecule has 1 aliphatic carbocycles. The molecule has 2 heterocycles. The van der Waals surface area contributed by atoms with E-state index in [-0.39, 0.29) is 28.4 Å².